The predicted molar refractivity (Wildman–Crippen MR) is 76.9 cm³/mol. The number of nitrogens with zero attached hydrogens (tertiary/aromatic N) is 1. The zero-order valence-electron chi connectivity index (χ0n) is 11.8. The van der Waals surface area contributed by atoms with Gasteiger partial charge in [0.05, 0.1) is 11.6 Å². The largest absolute Gasteiger partial charge is 0.478 e. The fraction of sp³-hybridized carbons (Fsp3) is 0.467. The Balaban J connectivity index is 2.24. The van der Waals surface area contributed by atoms with Gasteiger partial charge in [0.1, 0.15) is 0 Å². The monoisotopic (exact) mass is 276 g/mol. The highest BCUT2D eigenvalue weighted by Gasteiger charge is 2.29. The van der Waals surface area contributed by atoms with E-state index in [9.17, 15) is 9.59 Å². The molecule has 20 heavy (non-hydrogen) atoms. The van der Waals surface area contributed by atoms with E-state index in [1.54, 1.807) is 23.1 Å². The third-order valence-corrected chi connectivity index (χ3v) is 3.54. The summed E-state index contributed by atoms with van der Waals surface area (Å²) in [5.41, 5.74) is 7.83. The predicted octanol–water partition coefficient (Wildman–Crippen LogP) is 1.65. The lowest BCUT2D eigenvalue weighted by molar-refractivity contribution is -0.120. The average molecular weight is 276 g/mol. The van der Waals surface area contributed by atoms with E-state index >= 15 is 0 Å². The Morgan fingerprint density at radius 2 is 2.10 bits per heavy atom. The minimum atomic E-state index is -0.987. The first-order valence-electron chi connectivity index (χ1n) is 6.83. The molecule has 5 nitrogen and oxygen atoms in total. The molecule has 0 fully saturated rings. The van der Waals surface area contributed by atoms with E-state index in [1.165, 1.54) is 0 Å². The van der Waals surface area contributed by atoms with Crippen LogP contribution in [0.5, 0.6) is 0 Å². The van der Waals surface area contributed by atoms with Crippen molar-refractivity contribution < 1.29 is 14.7 Å². The molecule has 0 bridgehead atoms. The maximum Gasteiger partial charge on any atom is 0.335 e. The number of benzene rings is 1. The van der Waals surface area contributed by atoms with Gasteiger partial charge in [0, 0.05) is 12.2 Å². The Morgan fingerprint density at radius 3 is 2.70 bits per heavy atom. The number of rotatable bonds is 4. The fourth-order valence-electron chi connectivity index (χ4n) is 2.55. The van der Waals surface area contributed by atoms with Crippen molar-refractivity contribution in [2.75, 3.05) is 11.4 Å². The van der Waals surface area contributed by atoms with E-state index in [0.717, 1.165) is 12.0 Å². The SMILES string of the molecule is CC(C)C[C@@H](N)C(=O)N1CCc2ccc(C(=O)O)cc21. The van der Waals surface area contributed by atoms with Crippen LogP contribution in [0.25, 0.3) is 0 Å². The third-order valence-electron chi connectivity index (χ3n) is 3.54. The first-order valence-corrected chi connectivity index (χ1v) is 6.83. The van der Waals surface area contributed by atoms with Crippen molar-refractivity contribution in [3.8, 4) is 0 Å². The molecule has 1 aromatic carbocycles. The fourth-order valence-corrected chi connectivity index (χ4v) is 2.55. The highest BCUT2D eigenvalue weighted by atomic mass is 16.4. The van der Waals surface area contributed by atoms with Gasteiger partial charge in [-0.2, -0.15) is 0 Å². The molecular weight excluding hydrogens is 256 g/mol. The number of carboxylic acids is 1. The Bertz CT molecular complexity index is 540. The average Bonchev–Trinajstić information content (AvgIpc) is 2.79. The first-order chi connectivity index (χ1) is 9.40. The molecule has 108 valence electrons. The molecule has 0 aromatic heterocycles. The summed E-state index contributed by atoms with van der Waals surface area (Å²) in [6.45, 7) is 4.62. The normalized spacial score (nSPS) is 15.3. The number of fused-ring (bicyclic) bond motifs is 1. The van der Waals surface area contributed by atoms with Crippen molar-refractivity contribution in [2.24, 2.45) is 11.7 Å². The molecular formula is C15H20N2O3. The van der Waals surface area contributed by atoms with E-state index in [0.29, 0.717) is 24.6 Å². The van der Waals surface area contributed by atoms with Crippen LogP contribution in [0.15, 0.2) is 18.2 Å². The first kappa shape index (κ1) is 14.5. The van der Waals surface area contributed by atoms with Gasteiger partial charge in [-0.15, -0.1) is 0 Å². The second kappa shape index (κ2) is 5.63. The quantitative estimate of drug-likeness (QED) is 0.875. The van der Waals surface area contributed by atoms with Crippen LogP contribution in [0.4, 0.5) is 5.69 Å². The zero-order chi connectivity index (χ0) is 14.9. The van der Waals surface area contributed by atoms with Gasteiger partial charge in [0.15, 0.2) is 0 Å². The lowest BCUT2D eigenvalue weighted by Crippen LogP contribution is -2.43. The Kier molecular flexibility index (Phi) is 4.09. The molecule has 2 rings (SSSR count). The summed E-state index contributed by atoms with van der Waals surface area (Å²) in [5, 5.41) is 9.04. The van der Waals surface area contributed by atoms with Gasteiger partial charge in [-0.05, 0) is 36.5 Å². The van der Waals surface area contributed by atoms with E-state index in [4.69, 9.17) is 10.8 Å². The highest BCUT2D eigenvalue weighted by Crippen LogP contribution is 2.30. The molecule has 1 aromatic rings. The minimum absolute atomic E-state index is 0.125. The Labute approximate surface area is 118 Å². The molecule has 3 N–H and O–H groups in total. The number of carbonyl (C=O) groups excluding carboxylic acids is 1. The second-order valence-electron chi connectivity index (χ2n) is 5.62. The van der Waals surface area contributed by atoms with Gasteiger partial charge >= 0.3 is 5.97 Å². The van der Waals surface area contributed by atoms with Crippen LogP contribution < -0.4 is 10.6 Å². The van der Waals surface area contributed by atoms with Gasteiger partial charge < -0.3 is 15.7 Å². The van der Waals surface area contributed by atoms with Crippen molar-refractivity contribution in [1.29, 1.82) is 0 Å². The lowest BCUT2D eigenvalue weighted by Gasteiger charge is -2.22. The molecule has 1 atom stereocenters. The maximum absolute atomic E-state index is 12.4. The molecule has 0 radical (unpaired) electrons. The van der Waals surface area contributed by atoms with Crippen LogP contribution in [0.1, 0.15) is 36.2 Å². The number of anilines is 1. The molecule has 1 heterocycles. The number of hydrogen-bond acceptors (Lipinski definition) is 3. The topological polar surface area (TPSA) is 83.6 Å². The summed E-state index contributed by atoms with van der Waals surface area (Å²) in [5.74, 6) is -0.764. The molecule has 5 heteroatoms. The van der Waals surface area contributed by atoms with Crippen LogP contribution in [0, 0.1) is 5.92 Å². The van der Waals surface area contributed by atoms with Gasteiger partial charge in [-0.3, -0.25) is 4.79 Å². The summed E-state index contributed by atoms with van der Waals surface area (Å²) in [6.07, 6.45) is 1.37. The molecule has 1 amide bonds. The lowest BCUT2D eigenvalue weighted by atomic mass is 10.0. The van der Waals surface area contributed by atoms with Gasteiger partial charge in [-0.25, -0.2) is 4.79 Å². The van der Waals surface area contributed by atoms with Crippen molar-refractivity contribution in [3.05, 3.63) is 29.3 Å². The summed E-state index contributed by atoms with van der Waals surface area (Å²) < 4.78 is 0. The zero-order valence-corrected chi connectivity index (χ0v) is 11.8. The standard InChI is InChI=1S/C15H20N2O3/c1-9(2)7-12(16)14(18)17-6-5-10-3-4-11(15(19)20)8-13(10)17/h3-4,8-9,12H,5-7,16H2,1-2H3,(H,19,20)/t12-/m1/s1. The number of aromatic carboxylic acids is 1. The van der Waals surface area contributed by atoms with Crippen LogP contribution in [-0.4, -0.2) is 29.6 Å². The summed E-state index contributed by atoms with van der Waals surface area (Å²) in [6, 6.07) is 4.38. The van der Waals surface area contributed by atoms with E-state index in [-0.39, 0.29) is 11.5 Å². The van der Waals surface area contributed by atoms with E-state index in [1.807, 2.05) is 13.8 Å². The van der Waals surface area contributed by atoms with Gasteiger partial charge in [0.25, 0.3) is 0 Å². The van der Waals surface area contributed by atoms with Crippen molar-refractivity contribution >= 4 is 17.6 Å². The third kappa shape index (κ3) is 2.82. The molecule has 0 spiro atoms. The highest BCUT2D eigenvalue weighted by molar-refractivity contribution is 6.00. The molecule has 1 aliphatic rings. The number of hydrogen-bond donors (Lipinski definition) is 2. The van der Waals surface area contributed by atoms with Crippen molar-refractivity contribution in [3.63, 3.8) is 0 Å². The number of amides is 1. The summed E-state index contributed by atoms with van der Waals surface area (Å²) in [7, 11) is 0. The molecule has 1 aliphatic heterocycles. The van der Waals surface area contributed by atoms with Crippen LogP contribution in [0.2, 0.25) is 0 Å². The van der Waals surface area contributed by atoms with Crippen molar-refractivity contribution in [1.82, 2.24) is 0 Å². The second-order valence-corrected chi connectivity index (χ2v) is 5.62. The van der Waals surface area contributed by atoms with E-state index < -0.39 is 12.0 Å². The molecule has 0 saturated carbocycles. The number of carbonyl (C=O) groups is 2. The summed E-state index contributed by atoms with van der Waals surface area (Å²) >= 11 is 0. The van der Waals surface area contributed by atoms with Gasteiger partial charge in [-0.1, -0.05) is 19.9 Å². The molecule has 0 unspecified atom stereocenters. The minimum Gasteiger partial charge on any atom is -0.478 e. The van der Waals surface area contributed by atoms with Crippen LogP contribution >= 0.6 is 0 Å². The van der Waals surface area contributed by atoms with Gasteiger partial charge in [0.2, 0.25) is 5.91 Å². The number of nitrogens with two attached hydrogens (primary N) is 1. The smallest absolute Gasteiger partial charge is 0.335 e. The van der Waals surface area contributed by atoms with Crippen LogP contribution in [-0.2, 0) is 11.2 Å². The maximum atomic E-state index is 12.4. The molecule has 0 aliphatic carbocycles. The van der Waals surface area contributed by atoms with Crippen molar-refractivity contribution in [2.45, 2.75) is 32.7 Å². The van der Waals surface area contributed by atoms with Crippen LogP contribution in [0.3, 0.4) is 0 Å². The molecule has 0 saturated heterocycles. The Hall–Kier alpha value is -1.88. The Morgan fingerprint density at radius 1 is 1.40 bits per heavy atom. The summed E-state index contributed by atoms with van der Waals surface area (Å²) in [4.78, 5) is 25.0. The number of carboxylic acid groups (broad SMARTS) is 1. The van der Waals surface area contributed by atoms with E-state index in [2.05, 4.69) is 0 Å².